The van der Waals surface area contributed by atoms with Crippen molar-refractivity contribution in [2.75, 3.05) is 18.4 Å². The van der Waals surface area contributed by atoms with E-state index in [4.69, 9.17) is 4.84 Å². The summed E-state index contributed by atoms with van der Waals surface area (Å²) in [5.41, 5.74) is 2.31. The fourth-order valence-electron chi connectivity index (χ4n) is 3.38. The Hall–Kier alpha value is -3.22. The zero-order chi connectivity index (χ0) is 19.5. The molecule has 2 aromatic carbocycles. The van der Waals surface area contributed by atoms with Gasteiger partial charge in [0.15, 0.2) is 0 Å². The number of rotatable bonds is 4. The third-order valence-corrected chi connectivity index (χ3v) is 4.91. The van der Waals surface area contributed by atoms with Crippen LogP contribution in [0.2, 0.25) is 0 Å². The quantitative estimate of drug-likeness (QED) is 0.884. The largest absolute Gasteiger partial charge is 0.382 e. The summed E-state index contributed by atoms with van der Waals surface area (Å²) < 4.78 is 13.3. The molecule has 28 heavy (non-hydrogen) atoms. The van der Waals surface area contributed by atoms with Crippen LogP contribution in [0.3, 0.4) is 0 Å². The summed E-state index contributed by atoms with van der Waals surface area (Å²) in [5, 5.41) is 6.68. The highest BCUT2D eigenvalue weighted by atomic mass is 19.1. The zero-order valence-corrected chi connectivity index (χ0v) is 15.2. The van der Waals surface area contributed by atoms with E-state index in [0.29, 0.717) is 22.5 Å². The maximum absolute atomic E-state index is 13.3. The van der Waals surface area contributed by atoms with Gasteiger partial charge in [-0.2, -0.15) is 0 Å². The fourth-order valence-corrected chi connectivity index (χ4v) is 3.38. The Bertz CT molecular complexity index is 921. The number of nitrogens with zero attached hydrogens (tertiary/aromatic N) is 2. The highest BCUT2D eigenvalue weighted by Crippen LogP contribution is 2.20. The highest BCUT2D eigenvalue weighted by molar-refractivity contribution is 6.06. The number of benzene rings is 2. The molecule has 144 valence electrons. The Morgan fingerprint density at radius 1 is 1.11 bits per heavy atom. The van der Waals surface area contributed by atoms with Crippen LogP contribution in [0.1, 0.15) is 35.2 Å². The van der Waals surface area contributed by atoms with Gasteiger partial charge in [0.1, 0.15) is 5.82 Å². The number of carbonyl (C=O) groups excluding carboxylic acids is 2. The molecule has 1 saturated heterocycles. The Morgan fingerprint density at radius 3 is 2.57 bits per heavy atom. The lowest BCUT2D eigenvalue weighted by Gasteiger charge is -2.15. The van der Waals surface area contributed by atoms with Crippen LogP contribution in [-0.2, 0) is 9.63 Å². The Morgan fingerprint density at radius 2 is 1.86 bits per heavy atom. The predicted molar refractivity (Wildman–Crippen MR) is 103 cm³/mol. The SMILES string of the molecule is O=C(Nc1ccc(C(=O)N2CCCC2)cc1)C1CC(c2cccc(F)c2)=NO1. The first kappa shape index (κ1) is 18.2. The van der Waals surface area contributed by atoms with Crippen LogP contribution in [0.5, 0.6) is 0 Å². The van der Waals surface area contributed by atoms with Crippen LogP contribution in [-0.4, -0.2) is 41.6 Å². The van der Waals surface area contributed by atoms with Crippen molar-refractivity contribution >= 4 is 23.2 Å². The molecule has 1 unspecified atom stereocenters. The molecule has 2 amide bonds. The number of carbonyl (C=O) groups is 2. The maximum atomic E-state index is 13.3. The lowest BCUT2D eigenvalue weighted by atomic mass is 10.0. The molecule has 2 heterocycles. The summed E-state index contributed by atoms with van der Waals surface area (Å²) in [6, 6.07) is 12.8. The molecule has 2 aromatic rings. The topological polar surface area (TPSA) is 71.0 Å². The zero-order valence-electron chi connectivity index (χ0n) is 15.2. The van der Waals surface area contributed by atoms with E-state index in [0.717, 1.165) is 25.9 Å². The molecule has 4 rings (SSSR count). The van der Waals surface area contributed by atoms with Gasteiger partial charge >= 0.3 is 0 Å². The second kappa shape index (κ2) is 7.80. The van der Waals surface area contributed by atoms with Crippen molar-refractivity contribution in [3.8, 4) is 0 Å². The first-order valence-corrected chi connectivity index (χ1v) is 9.29. The van der Waals surface area contributed by atoms with Gasteiger partial charge in [-0.3, -0.25) is 9.59 Å². The minimum absolute atomic E-state index is 0.0163. The van der Waals surface area contributed by atoms with Gasteiger partial charge in [0.05, 0.1) is 5.71 Å². The summed E-state index contributed by atoms with van der Waals surface area (Å²) in [4.78, 5) is 31.8. The lowest BCUT2D eigenvalue weighted by molar-refractivity contribution is -0.125. The second-order valence-electron chi connectivity index (χ2n) is 6.91. The molecule has 0 aliphatic carbocycles. The van der Waals surface area contributed by atoms with Gasteiger partial charge in [0.25, 0.3) is 11.8 Å². The predicted octanol–water partition coefficient (Wildman–Crippen LogP) is 3.19. The number of hydrogen-bond donors (Lipinski definition) is 1. The Labute approximate surface area is 162 Å². The first-order chi connectivity index (χ1) is 13.6. The average molecular weight is 381 g/mol. The van der Waals surface area contributed by atoms with Gasteiger partial charge in [-0.25, -0.2) is 4.39 Å². The maximum Gasteiger partial charge on any atom is 0.268 e. The third kappa shape index (κ3) is 3.88. The van der Waals surface area contributed by atoms with E-state index in [9.17, 15) is 14.0 Å². The van der Waals surface area contributed by atoms with Gasteiger partial charge in [-0.1, -0.05) is 17.3 Å². The minimum Gasteiger partial charge on any atom is -0.382 e. The third-order valence-electron chi connectivity index (χ3n) is 4.91. The smallest absolute Gasteiger partial charge is 0.268 e. The summed E-state index contributed by atoms with van der Waals surface area (Å²) in [6.45, 7) is 1.59. The van der Waals surface area contributed by atoms with Crippen LogP contribution in [0.25, 0.3) is 0 Å². The summed E-state index contributed by atoms with van der Waals surface area (Å²) in [7, 11) is 0. The van der Waals surface area contributed by atoms with E-state index < -0.39 is 6.10 Å². The molecule has 0 aromatic heterocycles. The van der Waals surface area contributed by atoms with Crippen LogP contribution in [0, 0.1) is 5.82 Å². The summed E-state index contributed by atoms with van der Waals surface area (Å²) in [6.07, 6.45) is 1.58. The summed E-state index contributed by atoms with van der Waals surface area (Å²) >= 11 is 0. The molecule has 1 fully saturated rings. The van der Waals surface area contributed by atoms with Gasteiger partial charge in [-0.05, 0) is 49.2 Å². The molecule has 2 aliphatic heterocycles. The van der Waals surface area contributed by atoms with Gasteiger partial charge in [0.2, 0.25) is 6.10 Å². The first-order valence-electron chi connectivity index (χ1n) is 9.29. The van der Waals surface area contributed by atoms with E-state index in [2.05, 4.69) is 10.5 Å². The Balaban J connectivity index is 1.35. The molecule has 1 atom stereocenters. The standard InChI is InChI=1S/C21H20FN3O3/c22-16-5-3-4-15(12-16)18-13-19(28-24-18)20(26)23-17-8-6-14(7-9-17)21(27)25-10-1-2-11-25/h3-9,12,19H,1-2,10-11,13H2,(H,23,26). The van der Waals surface area contributed by atoms with E-state index in [-0.39, 0.29) is 24.1 Å². The molecule has 0 radical (unpaired) electrons. The number of oxime groups is 1. The number of amides is 2. The average Bonchev–Trinajstić information content (AvgIpc) is 3.40. The fraction of sp³-hybridized carbons (Fsp3) is 0.286. The van der Waals surface area contributed by atoms with E-state index >= 15 is 0 Å². The monoisotopic (exact) mass is 381 g/mol. The van der Waals surface area contributed by atoms with Crippen molar-refractivity contribution in [2.45, 2.75) is 25.4 Å². The van der Waals surface area contributed by atoms with Crippen LogP contribution >= 0.6 is 0 Å². The van der Waals surface area contributed by atoms with Gasteiger partial charge in [0, 0.05) is 36.3 Å². The van der Waals surface area contributed by atoms with Gasteiger partial charge in [-0.15, -0.1) is 0 Å². The van der Waals surface area contributed by atoms with Crippen molar-refractivity contribution in [2.24, 2.45) is 5.16 Å². The highest BCUT2D eigenvalue weighted by Gasteiger charge is 2.29. The van der Waals surface area contributed by atoms with Crippen molar-refractivity contribution in [3.05, 3.63) is 65.5 Å². The van der Waals surface area contributed by atoms with Crippen LogP contribution in [0.4, 0.5) is 10.1 Å². The number of hydrogen-bond acceptors (Lipinski definition) is 4. The molecule has 0 saturated carbocycles. The van der Waals surface area contributed by atoms with E-state index in [1.165, 1.54) is 12.1 Å². The number of nitrogens with one attached hydrogen (secondary N) is 1. The Kier molecular flexibility index (Phi) is 5.06. The lowest BCUT2D eigenvalue weighted by Crippen LogP contribution is -2.28. The summed E-state index contributed by atoms with van der Waals surface area (Å²) in [5.74, 6) is -0.687. The minimum atomic E-state index is -0.774. The van der Waals surface area contributed by atoms with Gasteiger partial charge < -0.3 is 15.1 Å². The number of likely N-dealkylation sites (tertiary alicyclic amines) is 1. The molecular formula is C21H20FN3O3. The van der Waals surface area contributed by atoms with Crippen LogP contribution < -0.4 is 5.32 Å². The molecule has 0 spiro atoms. The molecule has 0 bridgehead atoms. The normalized spacial score (nSPS) is 18.5. The van der Waals surface area contributed by atoms with Crippen molar-refractivity contribution in [1.29, 1.82) is 0 Å². The molecule has 2 aliphatic rings. The van der Waals surface area contributed by atoms with Crippen molar-refractivity contribution in [3.63, 3.8) is 0 Å². The number of halogens is 1. The molecular weight excluding hydrogens is 361 g/mol. The molecule has 6 nitrogen and oxygen atoms in total. The number of anilines is 1. The van der Waals surface area contributed by atoms with E-state index in [1.54, 1.807) is 36.4 Å². The second-order valence-corrected chi connectivity index (χ2v) is 6.91. The molecule has 1 N–H and O–H groups in total. The van der Waals surface area contributed by atoms with E-state index in [1.807, 2.05) is 4.90 Å². The molecule has 7 heteroatoms. The van der Waals surface area contributed by atoms with Crippen molar-refractivity contribution < 1.29 is 18.8 Å². The van der Waals surface area contributed by atoms with Crippen LogP contribution in [0.15, 0.2) is 53.7 Å². The van der Waals surface area contributed by atoms with Crippen molar-refractivity contribution in [1.82, 2.24) is 4.90 Å².